The van der Waals surface area contributed by atoms with Crippen molar-refractivity contribution in [3.8, 4) is 0 Å². The van der Waals surface area contributed by atoms with Crippen molar-refractivity contribution < 1.29 is 4.74 Å². The van der Waals surface area contributed by atoms with Crippen LogP contribution in [-0.4, -0.2) is 13.8 Å². The SMILES string of the molecule is C=N/C(N)=C(/C)C(=C)OC. The number of nitrogens with zero attached hydrogens (tertiary/aromatic N) is 1. The van der Waals surface area contributed by atoms with Crippen molar-refractivity contribution >= 4 is 6.72 Å². The van der Waals surface area contributed by atoms with Gasteiger partial charge in [0.25, 0.3) is 0 Å². The summed E-state index contributed by atoms with van der Waals surface area (Å²) in [6.45, 7) is 8.64. The predicted molar refractivity (Wildman–Crippen MR) is 42.6 cm³/mol. The predicted octanol–water partition coefficient (Wildman–Crippen LogP) is 1.04. The van der Waals surface area contributed by atoms with Crippen LogP contribution >= 0.6 is 0 Å². The van der Waals surface area contributed by atoms with E-state index in [0.29, 0.717) is 11.6 Å². The third-order valence-corrected chi connectivity index (χ3v) is 1.22. The molecule has 0 aromatic heterocycles. The normalized spacial score (nSPS) is 11.8. The standard InChI is InChI=1S/C7H12N2O/c1-5(6(2)10-4)7(8)9-3/h2-3,8H2,1,4H3/b7-5-. The summed E-state index contributed by atoms with van der Waals surface area (Å²) in [7, 11) is 1.53. The first-order valence-electron chi connectivity index (χ1n) is 2.79. The Labute approximate surface area is 60.9 Å². The highest BCUT2D eigenvalue weighted by Crippen LogP contribution is 2.09. The summed E-state index contributed by atoms with van der Waals surface area (Å²) in [4.78, 5) is 3.52. The fourth-order valence-corrected chi connectivity index (χ4v) is 0.415. The fraction of sp³-hybridized carbons (Fsp3) is 0.286. The zero-order valence-electron chi connectivity index (χ0n) is 6.35. The molecule has 0 aromatic rings. The maximum absolute atomic E-state index is 5.40. The van der Waals surface area contributed by atoms with Crippen molar-refractivity contribution in [2.24, 2.45) is 10.7 Å². The minimum Gasteiger partial charge on any atom is -0.497 e. The van der Waals surface area contributed by atoms with E-state index in [4.69, 9.17) is 10.5 Å². The highest BCUT2D eigenvalue weighted by atomic mass is 16.5. The Bertz CT molecular complexity index is 182. The van der Waals surface area contributed by atoms with E-state index in [0.717, 1.165) is 5.57 Å². The molecule has 3 nitrogen and oxygen atoms in total. The van der Waals surface area contributed by atoms with E-state index in [9.17, 15) is 0 Å². The summed E-state index contributed by atoms with van der Waals surface area (Å²) in [5.74, 6) is 0.872. The first-order valence-corrected chi connectivity index (χ1v) is 2.79. The lowest BCUT2D eigenvalue weighted by Crippen LogP contribution is -1.99. The third-order valence-electron chi connectivity index (χ3n) is 1.22. The quantitative estimate of drug-likeness (QED) is 0.361. The molecule has 0 aromatic carbocycles. The number of ether oxygens (including phenoxy) is 1. The molecule has 0 aliphatic carbocycles. The van der Waals surface area contributed by atoms with Gasteiger partial charge in [-0.1, -0.05) is 6.58 Å². The lowest BCUT2D eigenvalue weighted by atomic mass is 10.3. The second-order valence-corrected chi connectivity index (χ2v) is 1.80. The molecule has 0 atom stereocenters. The van der Waals surface area contributed by atoms with E-state index in [1.165, 1.54) is 7.11 Å². The van der Waals surface area contributed by atoms with Crippen molar-refractivity contribution in [3.63, 3.8) is 0 Å². The molecule has 0 saturated carbocycles. The minimum atomic E-state index is 0.354. The molecule has 0 radical (unpaired) electrons. The van der Waals surface area contributed by atoms with E-state index in [1.54, 1.807) is 6.92 Å². The Morgan fingerprint density at radius 1 is 1.60 bits per heavy atom. The fourth-order valence-electron chi connectivity index (χ4n) is 0.415. The van der Waals surface area contributed by atoms with Gasteiger partial charge in [0.05, 0.1) is 7.11 Å². The van der Waals surface area contributed by atoms with Crippen molar-refractivity contribution in [2.75, 3.05) is 7.11 Å². The number of allylic oxidation sites excluding steroid dienone is 1. The molecular formula is C7H12N2O. The van der Waals surface area contributed by atoms with Crippen LogP contribution in [0.3, 0.4) is 0 Å². The van der Waals surface area contributed by atoms with Gasteiger partial charge in [-0.3, -0.25) is 0 Å². The summed E-state index contributed by atoms with van der Waals surface area (Å²) in [5, 5.41) is 0. The molecule has 0 aliphatic heterocycles. The van der Waals surface area contributed by atoms with E-state index in [2.05, 4.69) is 18.3 Å². The van der Waals surface area contributed by atoms with Crippen molar-refractivity contribution in [3.05, 3.63) is 23.7 Å². The van der Waals surface area contributed by atoms with Crippen LogP contribution in [0.2, 0.25) is 0 Å². The van der Waals surface area contributed by atoms with E-state index >= 15 is 0 Å². The summed E-state index contributed by atoms with van der Waals surface area (Å²) >= 11 is 0. The Hall–Kier alpha value is -1.25. The Kier molecular flexibility index (Phi) is 3.25. The van der Waals surface area contributed by atoms with E-state index in [1.807, 2.05) is 0 Å². The molecule has 0 aliphatic rings. The molecule has 2 N–H and O–H groups in total. The largest absolute Gasteiger partial charge is 0.497 e. The van der Waals surface area contributed by atoms with E-state index in [-0.39, 0.29) is 0 Å². The summed E-state index contributed by atoms with van der Waals surface area (Å²) < 4.78 is 4.81. The van der Waals surface area contributed by atoms with Crippen LogP contribution in [0.1, 0.15) is 6.92 Å². The van der Waals surface area contributed by atoms with Gasteiger partial charge in [0.15, 0.2) is 0 Å². The number of aliphatic imine (C=N–C) groups is 1. The van der Waals surface area contributed by atoms with Crippen LogP contribution in [0, 0.1) is 0 Å². The molecule has 0 amide bonds. The van der Waals surface area contributed by atoms with Crippen molar-refractivity contribution in [2.45, 2.75) is 6.92 Å². The van der Waals surface area contributed by atoms with Gasteiger partial charge in [-0.2, -0.15) is 0 Å². The van der Waals surface area contributed by atoms with Crippen LogP contribution < -0.4 is 5.73 Å². The van der Waals surface area contributed by atoms with Crippen LogP contribution in [0.15, 0.2) is 28.7 Å². The third kappa shape index (κ3) is 1.93. The molecular weight excluding hydrogens is 128 g/mol. The summed E-state index contributed by atoms with van der Waals surface area (Å²) in [5.41, 5.74) is 6.12. The van der Waals surface area contributed by atoms with Gasteiger partial charge in [0.2, 0.25) is 0 Å². The van der Waals surface area contributed by atoms with Crippen LogP contribution in [0.25, 0.3) is 0 Å². The topological polar surface area (TPSA) is 47.6 Å². The Morgan fingerprint density at radius 2 is 2.10 bits per heavy atom. The molecule has 0 heterocycles. The van der Waals surface area contributed by atoms with Gasteiger partial charge < -0.3 is 10.5 Å². The molecule has 0 saturated heterocycles. The maximum Gasteiger partial charge on any atom is 0.129 e. The number of nitrogens with two attached hydrogens (primary N) is 1. The van der Waals surface area contributed by atoms with Crippen LogP contribution in [-0.2, 0) is 4.74 Å². The Morgan fingerprint density at radius 3 is 2.40 bits per heavy atom. The molecule has 0 bridgehead atoms. The number of rotatable bonds is 3. The maximum atomic E-state index is 5.40. The van der Waals surface area contributed by atoms with Crippen molar-refractivity contribution in [1.29, 1.82) is 0 Å². The highest BCUT2D eigenvalue weighted by molar-refractivity contribution is 5.33. The Balaban J connectivity index is 4.45. The van der Waals surface area contributed by atoms with Crippen molar-refractivity contribution in [1.82, 2.24) is 0 Å². The molecule has 0 fully saturated rings. The lowest BCUT2D eigenvalue weighted by molar-refractivity contribution is 0.302. The summed E-state index contributed by atoms with van der Waals surface area (Å²) in [6.07, 6.45) is 0. The zero-order valence-corrected chi connectivity index (χ0v) is 6.35. The molecule has 0 rings (SSSR count). The minimum absolute atomic E-state index is 0.354. The average Bonchev–Trinajstić information content (AvgIpc) is 2.00. The smallest absolute Gasteiger partial charge is 0.129 e. The zero-order chi connectivity index (χ0) is 8.15. The van der Waals surface area contributed by atoms with Crippen LogP contribution in [0.5, 0.6) is 0 Å². The number of hydrogen-bond acceptors (Lipinski definition) is 3. The lowest BCUT2D eigenvalue weighted by Gasteiger charge is -2.04. The monoisotopic (exact) mass is 140 g/mol. The molecule has 10 heavy (non-hydrogen) atoms. The average molecular weight is 140 g/mol. The molecule has 0 unspecified atom stereocenters. The van der Waals surface area contributed by atoms with Gasteiger partial charge >= 0.3 is 0 Å². The highest BCUT2D eigenvalue weighted by Gasteiger charge is 1.98. The molecule has 3 heteroatoms. The second kappa shape index (κ2) is 3.71. The first-order chi connectivity index (χ1) is 4.63. The van der Waals surface area contributed by atoms with Crippen LogP contribution in [0.4, 0.5) is 0 Å². The van der Waals surface area contributed by atoms with E-state index < -0.39 is 0 Å². The van der Waals surface area contributed by atoms with Gasteiger partial charge in [-0.05, 0) is 13.6 Å². The summed E-state index contributed by atoms with van der Waals surface area (Å²) in [6, 6.07) is 0. The molecule has 0 spiro atoms. The van der Waals surface area contributed by atoms with Gasteiger partial charge in [-0.15, -0.1) is 0 Å². The molecule has 56 valence electrons. The van der Waals surface area contributed by atoms with Gasteiger partial charge in [-0.25, -0.2) is 4.99 Å². The first kappa shape index (κ1) is 8.75. The number of hydrogen-bond donors (Lipinski definition) is 1. The number of methoxy groups -OCH3 is 1. The second-order valence-electron chi connectivity index (χ2n) is 1.80. The van der Waals surface area contributed by atoms with Gasteiger partial charge in [0.1, 0.15) is 11.6 Å². The van der Waals surface area contributed by atoms with Gasteiger partial charge in [0, 0.05) is 5.57 Å².